The van der Waals surface area contributed by atoms with Gasteiger partial charge in [0.25, 0.3) is 0 Å². The zero-order valence-corrected chi connectivity index (χ0v) is 6.50. The second-order valence-electron chi connectivity index (χ2n) is 2.86. The Morgan fingerprint density at radius 1 is 1.17 bits per heavy atom. The summed E-state index contributed by atoms with van der Waals surface area (Å²) < 4.78 is 4.83. The normalized spacial score (nSPS) is 49.2. The van der Waals surface area contributed by atoms with Gasteiger partial charge in [0.05, 0.1) is 6.04 Å². The van der Waals surface area contributed by atoms with Gasteiger partial charge in [0.1, 0.15) is 18.3 Å². The molecule has 0 aromatic rings. The van der Waals surface area contributed by atoms with Crippen LogP contribution in [-0.2, 0) is 4.74 Å². The summed E-state index contributed by atoms with van der Waals surface area (Å²) in [4.78, 5) is 0. The van der Waals surface area contributed by atoms with Crippen LogP contribution in [0.25, 0.3) is 0 Å². The highest BCUT2D eigenvalue weighted by molar-refractivity contribution is 4.91. The molecule has 0 amide bonds. The highest BCUT2D eigenvalue weighted by atomic mass is 16.6. The minimum Gasteiger partial charge on any atom is -0.388 e. The Morgan fingerprint density at radius 2 is 1.75 bits per heavy atom. The van der Waals surface area contributed by atoms with Crippen LogP contribution in [0, 0.1) is 0 Å². The molecule has 0 aromatic carbocycles. The second-order valence-corrected chi connectivity index (χ2v) is 2.86. The van der Waals surface area contributed by atoms with E-state index in [0.29, 0.717) is 0 Å². The Bertz CT molecular complexity index is 152. The Hall–Kier alpha value is -0.240. The first-order chi connectivity index (χ1) is 5.57. The van der Waals surface area contributed by atoms with E-state index in [1.54, 1.807) is 0 Å². The van der Waals surface area contributed by atoms with Crippen LogP contribution in [0.2, 0.25) is 0 Å². The van der Waals surface area contributed by atoms with Gasteiger partial charge >= 0.3 is 0 Å². The fourth-order valence-corrected chi connectivity index (χ4v) is 1.16. The minimum atomic E-state index is -1.27. The first kappa shape index (κ1) is 9.85. The quantitative estimate of drug-likeness (QED) is 0.287. The zero-order valence-electron chi connectivity index (χ0n) is 6.50. The second kappa shape index (κ2) is 3.65. The lowest BCUT2D eigenvalue weighted by Crippen LogP contribution is -2.62. The number of rotatable bonds is 1. The number of aliphatic hydroxyl groups excluding tert-OH is 3. The summed E-state index contributed by atoms with van der Waals surface area (Å²) in [5.74, 6) is 0. The molecule has 7 N–H and O–H groups in total. The van der Waals surface area contributed by atoms with Crippen LogP contribution in [-0.4, -0.2) is 52.5 Å². The Kier molecular flexibility index (Phi) is 2.99. The summed E-state index contributed by atoms with van der Waals surface area (Å²) in [6.07, 6.45) is -4.34. The average Bonchev–Trinajstić information content (AvgIpc) is 2.08. The average molecular weight is 178 g/mol. The van der Waals surface area contributed by atoms with Crippen molar-refractivity contribution in [3.05, 3.63) is 0 Å². The first-order valence-corrected chi connectivity index (χ1v) is 3.73. The third kappa shape index (κ3) is 1.58. The van der Waals surface area contributed by atoms with Crippen molar-refractivity contribution >= 4 is 0 Å². The molecule has 1 rings (SSSR count). The molecule has 0 aliphatic carbocycles. The van der Waals surface area contributed by atoms with Crippen LogP contribution in [0.4, 0.5) is 0 Å². The molecule has 6 heteroatoms. The molecule has 0 radical (unpaired) electrons. The Labute approximate surface area is 69.7 Å². The lowest BCUT2D eigenvalue weighted by molar-refractivity contribution is -0.238. The molecular formula is C6H14N2O4. The van der Waals surface area contributed by atoms with Crippen LogP contribution in [0.1, 0.15) is 0 Å². The summed E-state index contributed by atoms with van der Waals surface area (Å²) in [7, 11) is 0. The van der Waals surface area contributed by atoms with Crippen molar-refractivity contribution < 1.29 is 20.1 Å². The highest BCUT2D eigenvalue weighted by Crippen LogP contribution is 2.17. The standard InChI is InChI=1S/C6H14N2O4/c7-1-2-4(9)5(10)3(8)6(11)12-2/h2-6,9-11H,1,7-8H2/t2?,3-,4+,5+,6?/m0/s1. The molecule has 1 aliphatic heterocycles. The van der Waals surface area contributed by atoms with E-state index in [9.17, 15) is 10.2 Å². The van der Waals surface area contributed by atoms with Crippen LogP contribution in [0.3, 0.4) is 0 Å². The van der Waals surface area contributed by atoms with Gasteiger partial charge in [0.2, 0.25) is 0 Å². The molecule has 6 nitrogen and oxygen atoms in total. The van der Waals surface area contributed by atoms with E-state index in [-0.39, 0.29) is 6.54 Å². The van der Waals surface area contributed by atoms with Crippen molar-refractivity contribution in [3.8, 4) is 0 Å². The molecule has 1 saturated heterocycles. The summed E-state index contributed by atoms with van der Waals surface area (Å²) in [5, 5.41) is 27.6. The van der Waals surface area contributed by atoms with Gasteiger partial charge in [-0.3, -0.25) is 0 Å². The molecule has 0 aromatic heterocycles. The minimum absolute atomic E-state index is 0.0298. The molecular weight excluding hydrogens is 164 g/mol. The van der Waals surface area contributed by atoms with Gasteiger partial charge < -0.3 is 31.5 Å². The van der Waals surface area contributed by atoms with Crippen LogP contribution in [0.15, 0.2) is 0 Å². The van der Waals surface area contributed by atoms with Gasteiger partial charge in [0, 0.05) is 6.54 Å². The van der Waals surface area contributed by atoms with Crippen molar-refractivity contribution in [2.75, 3.05) is 6.54 Å². The molecule has 0 spiro atoms. The SMILES string of the molecule is NCC1OC(O)[C@@H](N)[C@@H](O)[C@@H]1O. The Balaban J connectivity index is 2.63. The van der Waals surface area contributed by atoms with Crippen molar-refractivity contribution in [2.45, 2.75) is 30.6 Å². The molecule has 5 atom stereocenters. The van der Waals surface area contributed by atoms with Crippen LogP contribution < -0.4 is 11.5 Å². The van der Waals surface area contributed by atoms with Gasteiger partial charge in [-0.1, -0.05) is 0 Å². The molecule has 1 fully saturated rings. The Morgan fingerprint density at radius 3 is 2.25 bits per heavy atom. The largest absolute Gasteiger partial charge is 0.388 e. The number of nitrogens with two attached hydrogens (primary N) is 2. The third-order valence-corrected chi connectivity index (χ3v) is 2.00. The maximum atomic E-state index is 9.28. The molecule has 0 bridgehead atoms. The van der Waals surface area contributed by atoms with Gasteiger partial charge in [-0.2, -0.15) is 0 Å². The molecule has 1 aliphatic rings. The lowest BCUT2D eigenvalue weighted by Gasteiger charge is -2.38. The van der Waals surface area contributed by atoms with Crippen LogP contribution >= 0.6 is 0 Å². The zero-order chi connectivity index (χ0) is 9.30. The number of hydrogen-bond acceptors (Lipinski definition) is 6. The van der Waals surface area contributed by atoms with Crippen LogP contribution in [0.5, 0.6) is 0 Å². The predicted molar refractivity (Wildman–Crippen MR) is 39.9 cm³/mol. The van der Waals surface area contributed by atoms with E-state index in [4.69, 9.17) is 21.3 Å². The highest BCUT2D eigenvalue weighted by Gasteiger charge is 2.41. The topological polar surface area (TPSA) is 122 Å². The summed E-state index contributed by atoms with van der Waals surface area (Å²) in [5.41, 5.74) is 10.5. The van der Waals surface area contributed by atoms with Crippen molar-refractivity contribution in [3.63, 3.8) is 0 Å². The third-order valence-electron chi connectivity index (χ3n) is 2.00. The maximum absolute atomic E-state index is 9.28. The molecule has 12 heavy (non-hydrogen) atoms. The molecule has 2 unspecified atom stereocenters. The lowest BCUT2D eigenvalue weighted by atomic mass is 9.98. The number of ether oxygens (including phenoxy) is 1. The van der Waals surface area contributed by atoms with Crippen molar-refractivity contribution in [1.29, 1.82) is 0 Å². The van der Waals surface area contributed by atoms with E-state index in [2.05, 4.69) is 0 Å². The summed E-state index contributed by atoms with van der Waals surface area (Å²) in [6, 6.07) is -0.984. The first-order valence-electron chi connectivity index (χ1n) is 3.73. The summed E-state index contributed by atoms with van der Waals surface area (Å²) in [6.45, 7) is 0.0298. The van der Waals surface area contributed by atoms with Gasteiger partial charge in [-0.25, -0.2) is 0 Å². The molecule has 1 heterocycles. The van der Waals surface area contributed by atoms with E-state index in [1.807, 2.05) is 0 Å². The number of hydrogen-bond donors (Lipinski definition) is 5. The van der Waals surface area contributed by atoms with E-state index >= 15 is 0 Å². The fourth-order valence-electron chi connectivity index (χ4n) is 1.16. The van der Waals surface area contributed by atoms with Gasteiger partial charge in [0.15, 0.2) is 6.29 Å². The monoisotopic (exact) mass is 178 g/mol. The maximum Gasteiger partial charge on any atom is 0.172 e. The van der Waals surface area contributed by atoms with Crippen molar-refractivity contribution in [2.24, 2.45) is 11.5 Å². The van der Waals surface area contributed by atoms with Crippen molar-refractivity contribution in [1.82, 2.24) is 0 Å². The number of aliphatic hydroxyl groups is 3. The predicted octanol–water partition coefficient (Wildman–Crippen LogP) is -3.29. The smallest absolute Gasteiger partial charge is 0.172 e. The van der Waals surface area contributed by atoms with E-state index in [0.717, 1.165) is 0 Å². The summed E-state index contributed by atoms with van der Waals surface area (Å²) >= 11 is 0. The fraction of sp³-hybridized carbons (Fsp3) is 1.00. The van der Waals surface area contributed by atoms with Gasteiger partial charge in [-0.05, 0) is 0 Å². The molecule has 72 valence electrons. The van der Waals surface area contributed by atoms with E-state index in [1.165, 1.54) is 0 Å². The molecule has 0 saturated carbocycles. The van der Waals surface area contributed by atoms with Gasteiger partial charge in [-0.15, -0.1) is 0 Å². The van der Waals surface area contributed by atoms with E-state index < -0.39 is 30.6 Å².